The third-order valence-electron chi connectivity index (χ3n) is 4.27. The van der Waals surface area contributed by atoms with Crippen molar-refractivity contribution in [3.63, 3.8) is 0 Å². The molecule has 0 aliphatic heterocycles. The first-order chi connectivity index (χ1) is 11.5. The lowest BCUT2D eigenvalue weighted by Crippen LogP contribution is -2.42. The van der Waals surface area contributed by atoms with Crippen LogP contribution in [0.1, 0.15) is 18.4 Å². The highest BCUT2D eigenvalue weighted by molar-refractivity contribution is 6.93. The number of nitrogens with zero attached hydrogens (tertiary/aromatic N) is 1. The molecule has 0 fully saturated rings. The molecule has 1 atom stereocenters. The molecule has 2 nitrogen and oxygen atoms in total. The number of hydrogen-bond donors (Lipinski definition) is 0. The second-order valence-electron chi connectivity index (χ2n) is 6.75. The van der Waals surface area contributed by atoms with Gasteiger partial charge in [-0.2, -0.15) is 13.2 Å². The van der Waals surface area contributed by atoms with Crippen LogP contribution in [0.15, 0.2) is 36.5 Å². The Bertz CT molecular complexity index is 601. The van der Waals surface area contributed by atoms with Crippen molar-refractivity contribution < 1.29 is 22.4 Å². The van der Waals surface area contributed by atoms with Gasteiger partial charge in [0.2, 0.25) is 0 Å². The normalized spacial score (nSPS) is 13.4. The molecule has 0 spiro atoms. The average molecular weight is 375 g/mol. The molecule has 1 aromatic carbocycles. The van der Waals surface area contributed by atoms with Gasteiger partial charge < -0.3 is 4.90 Å². The van der Waals surface area contributed by atoms with Crippen LogP contribution < -0.4 is 5.19 Å². The Balaban J connectivity index is 2.50. The summed E-state index contributed by atoms with van der Waals surface area (Å²) in [6, 6.07) is 8.23. The van der Waals surface area contributed by atoms with E-state index in [9.17, 15) is 22.4 Å². The van der Waals surface area contributed by atoms with Gasteiger partial charge in [-0.15, -0.1) is 6.58 Å². The van der Waals surface area contributed by atoms with Crippen molar-refractivity contribution >= 4 is 19.2 Å². The fourth-order valence-electron chi connectivity index (χ4n) is 2.37. The Kier molecular flexibility index (Phi) is 7.40. The van der Waals surface area contributed by atoms with Gasteiger partial charge in [0, 0.05) is 13.6 Å². The van der Waals surface area contributed by atoms with Crippen molar-refractivity contribution in [1.29, 1.82) is 0 Å². The Morgan fingerprint density at radius 1 is 1.32 bits per heavy atom. The van der Waals surface area contributed by atoms with Crippen LogP contribution in [0.25, 0.3) is 0 Å². The molecule has 0 heterocycles. The van der Waals surface area contributed by atoms with Gasteiger partial charge in [0.25, 0.3) is 12.1 Å². The third-order valence-corrected chi connectivity index (χ3v) is 7.09. The van der Waals surface area contributed by atoms with Crippen LogP contribution in [0.4, 0.5) is 17.6 Å². The number of hydrogen-bond acceptors (Lipinski definition) is 1. The monoisotopic (exact) mass is 375 g/mol. The lowest BCUT2D eigenvalue weighted by Gasteiger charge is -2.21. The van der Waals surface area contributed by atoms with Gasteiger partial charge in [-0.05, 0) is 24.8 Å². The standard InChI is InChI=1S/C18H25F4NOSi/c1-5-25(3,4)15-11-8-10-14(13-15)9-6-7-12-23(2)17(24)16(19)18(20,21)22/h5,8,10-11,13,16H,1,6-7,9,12H2,2-4H3. The lowest BCUT2D eigenvalue weighted by molar-refractivity contribution is -0.192. The summed E-state index contributed by atoms with van der Waals surface area (Å²) in [7, 11) is -0.439. The largest absolute Gasteiger partial charge is 0.428 e. The molecule has 1 aromatic rings. The van der Waals surface area contributed by atoms with Crippen LogP contribution in [0.2, 0.25) is 13.1 Å². The molecule has 140 valence electrons. The van der Waals surface area contributed by atoms with Crippen LogP contribution in [0.3, 0.4) is 0 Å². The zero-order valence-corrected chi connectivity index (χ0v) is 15.9. The van der Waals surface area contributed by atoms with Crippen molar-refractivity contribution in [3.05, 3.63) is 42.1 Å². The number of amides is 1. The summed E-state index contributed by atoms with van der Waals surface area (Å²) in [5.74, 6) is -1.53. The van der Waals surface area contributed by atoms with Gasteiger partial charge >= 0.3 is 6.18 Å². The summed E-state index contributed by atoms with van der Waals surface area (Å²) in [6.07, 6.45) is -6.61. The third kappa shape index (κ3) is 6.30. The molecule has 1 unspecified atom stereocenters. The SMILES string of the molecule is C=C[Si](C)(C)c1cccc(CCCCN(C)C(=O)C(F)C(F)(F)F)c1. The Morgan fingerprint density at radius 3 is 2.52 bits per heavy atom. The number of alkyl halides is 4. The Labute approximate surface area is 147 Å². The van der Waals surface area contributed by atoms with E-state index < -0.39 is 26.3 Å². The highest BCUT2D eigenvalue weighted by Crippen LogP contribution is 2.24. The Hall–Kier alpha value is -1.63. The summed E-state index contributed by atoms with van der Waals surface area (Å²) in [5.41, 5.74) is 3.16. The van der Waals surface area contributed by atoms with Crippen molar-refractivity contribution in [2.75, 3.05) is 13.6 Å². The Morgan fingerprint density at radius 2 is 1.96 bits per heavy atom. The van der Waals surface area contributed by atoms with E-state index in [1.165, 1.54) is 12.2 Å². The summed E-state index contributed by atoms with van der Waals surface area (Å²) in [6.45, 7) is 8.40. The van der Waals surface area contributed by atoms with E-state index in [4.69, 9.17) is 0 Å². The molecule has 25 heavy (non-hydrogen) atoms. The molecule has 0 aromatic heterocycles. The van der Waals surface area contributed by atoms with E-state index >= 15 is 0 Å². The van der Waals surface area contributed by atoms with E-state index in [0.29, 0.717) is 12.8 Å². The van der Waals surface area contributed by atoms with Crippen LogP contribution in [-0.2, 0) is 11.2 Å². The molecule has 1 rings (SSSR count). The fourth-order valence-corrected chi connectivity index (χ4v) is 3.69. The summed E-state index contributed by atoms with van der Waals surface area (Å²) >= 11 is 0. The summed E-state index contributed by atoms with van der Waals surface area (Å²) in [5, 5.41) is 1.28. The van der Waals surface area contributed by atoms with Gasteiger partial charge in [0.15, 0.2) is 0 Å². The average Bonchev–Trinajstić information content (AvgIpc) is 2.56. The quantitative estimate of drug-likeness (QED) is 0.382. The second-order valence-corrected chi connectivity index (χ2v) is 11.2. The predicted molar refractivity (Wildman–Crippen MR) is 95.3 cm³/mol. The summed E-state index contributed by atoms with van der Waals surface area (Å²) in [4.78, 5) is 12.2. The number of aryl methyl sites for hydroxylation is 1. The molecule has 0 aliphatic carbocycles. The predicted octanol–water partition coefficient (Wildman–Crippen LogP) is 4.01. The second kappa shape index (κ2) is 8.65. The number of rotatable bonds is 8. The minimum absolute atomic E-state index is 0.0991. The maximum Gasteiger partial charge on any atom is 0.428 e. The zero-order valence-electron chi connectivity index (χ0n) is 14.9. The number of unbranched alkanes of at least 4 members (excludes halogenated alkanes) is 1. The number of halogens is 4. The number of benzene rings is 1. The van der Waals surface area contributed by atoms with Crippen molar-refractivity contribution in [3.8, 4) is 0 Å². The molecular weight excluding hydrogens is 350 g/mol. The van der Waals surface area contributed by atoms with Crippen LogP contribution in [0.5, 0.6) is 0 Å². The van der Waals surface area contributed by atoms with E-state index in [1.807, 2.05) is 17.8 Å². The molecule has 0 saturated heterocycles. The van der Waals surface area contributed by atoms with Gasteiger partial charge in [0.1, 0.15) is 8.07 Å². The van der Waals surface area contributed by atoms with Crippen molar-refractivity contribution in [2.24, 2.45) is 0 Å². The molecule has 0 radical (unpaired) electrons. The zero-order chi connectivity index (χ0) is 19.3. The van der Waals surface area contributed by atoms with Crippen molar-refractivity contribution in [2.45, 2.75) is 44.7 Å². The first-order valence-corrected chi connectivity index (χ1v) is 11.3. The maximum absolute atomic E-state index is 13.0. The lowest BCUT2D eigenvalue weighted by atomic mass is 10.1. The van der Waals surface area contributed by atoms with Crippen LogP contribution >= 0.6 is 0 Å². The molecule has 1 amide bonds. The first-order valence-electron chi connectivity index (χ1n) is 8.18. The molecule has 0 saturated carbocycles. The van der Waals surface area contributed by atoms with E-state index in [1.54, 1.807) is 0 Å². The van der Waals surface area contributed by atoms with Gasteiger partial charge in [-0.25, -0.2) is 4.39 Å². The van der Waals surface area contributed by atoms with Crippen LogP contribution in [-0.4, -0.2) is 44.8 Å². The molecular formula is C18H25F4NOSi. The minimum Gasteiger partial charge on any atom is -0.343 e. The van der Waals surface area contributed by atoms with E-state index in [0.717, 1.165) is 16.9 Å². The van der Waals surface area contributed by atoms with E-state index in [-0.39, 0.29) is 6.54 Å². The number of carbonyl (C=O) groups excluding carboxylic acids is 1. The van der Waals surface area contributed by atoms with Crippen LogP contribution in [0, 0.1) is 0 Å². The summed E-state index contributed by atoms with van der Waals surface area (Å²) < 4.78 is 49.6. The van der Waals surface area contributed by atoms with Gasteiger partial charge in [-0.1, -0.05) is 48.2 Å². The van der Waals surface area contributed by atoms with Gasteiger partial charge in [0.05, 0.1) is 0 Å². The van der Waals surface area contributed by atoms with Crippen molar-refractivity contribution in [1.82, 2.24) is 4.90 Å². The molecule has 0 N–H and O–H groups in total. The number of carbonyl (C=O) groups is 1. The molecule has 7 heteroatoms. The first kappa shape index (κ1) is 21.4. The highest BCUT2D eigenvalue weighted by atomic mass is 28.3. The smallest absolute Gasteiger partial charge is 0.343 e. The van der Waals surface area contributed by atoms with E-state index in [2.05, 4.69) is 31.8 Å². The molecule has 0 bridgehead atoms. The topological polar surface area (TPSA) is 20.3 Å². The minimum atomic E-state index is -5.15. The van der Waals surface area contributed by atoms with Gasteiger partial charge in [-0.3, -0.25) is 4.79 Å². The fraction of sp³-hybridized carbons (Fsp3) is 0.500. The molecule has 0 aliphatic rings. The highest BCUT2D eigenvalue weighted by Gasteiger charge is 2.46. The maximum atomic E-state index is 13.0.